The lowest BCUT2D eigenvalue weighted by Gasteiger charge is -2.22. The van der Waals surface area contributed by atoms with E-state index < -0.39 is 29.9 Å². The normalized spacial score (nSPS) is 17.8. The van der Waals surface area contributed by atoms with E-state index in [0.717, 1.165) is 9.37 Å². The topological polar surface area (TPSA) is 98.8 Å². The van der Waals surface area contributed by atoms with Crippen molar-refractivity contribution in [3.8, 4) is 0 Å². The third kappa shape index (κ3) is 4.67. The summed E-state index contributed by atoms with van der Waals surface area (Å²) in [5.41, 5.74) is 0.361. The Balaban J connectivity index is 1.66. The molecule has 8 nitrogen and oxygen atoms in total. The fourth-order valence-corrected chi connectivity index (χ4v) is 3.82. The molecule has 1 fully saturated rings. The second-order valence-electron chi connectivity index (χ2n) is 7.56. The van der Waals surface area contributed by atoms with Gasteiger partial charge >= 0.3 is 6.03 Å². The van der Waals surface area contributed by atoms with E-state index in [1.54, 1.807) is 60.4 Å². The summed E-state index contributed by atoms with van der Waals surface area (Å²) in [6.07, 6.45) is 0. The standard InChI is InChI=1S/C23H25BrN4O4/c1-4-27(5-2)20(30)15-6-12-18(13-7-15)25-19(29)14-28-21(31)23(3,26-22(28)32)16-8-10-17(24)11-9-16/h6-13H,4-5,14H2,1-3H3,(H,25,29)(H,26,32). The number of urea groups is 1. The molecule has 1 unspecified atom stereocenters. The fraction of sp³-hybridized carbons (Fsp3) is 0.304. The first kappa shape index (κ1) is 23.5. The number of benzene rings is 2. The zero-order chi connectivity index (χ0) is 23.5. The van der Waals surface area contributed by atoms with Crippen molar-refractivity contribution >= 4 is 45.4 Å². The molecule has 1 heterocycles. The Hall–Kier alpha value is -3.20. The molecule has 0 aromatic heterocycles. The van der Waals surface area contributed by atoms with Crippen LogP contribution >= 0.6 is 15.9 Å². The Morgan fingerprint density at radius 3 is 2.19 bits per heavy atom. The molecule has 168 valence electrons. The van der Waals surface area contributed by atoms with Crippen molar-refractivity contribution in [2.24, 2.45) is 0 Å². The van der Waals surface area contributed by atoms with Gasteiger partial charge in [-0.2, -0.15) is 0 Å². The summed E-state index contributed by atoms with van der Waals surface area (Å²) in [5, 5.41) is 5.34. The number of hydrogen-bond acceptors (Lipinski definition) is 4. The zero-order valence-electron chi connectivity index (χ0n) is 18.1. The molecule has 9 heteroatoms. The van der Waals surface area contributed by atoms with Crippen molar-refractivity contribution in [3.63, 3.8) is 0 Å². The van der Waals surface area contributed by atoms with Crippen molar-refractivity contribution in [3.05, 3.63) is 64.1 Å². The number of carbonyl (C=O) groups is 4. The first-order valence-corrected chi connectivity index (χ1v) is 11.1. The molecule has 1 aliphatic heterocycles. The summed E-state index contributed by atoms with van der Waals surface area (Å²) in [6, 6.07) is 12.9. The van der Waals surface area contributed by atoms with Gasteiger partial charge in [0.2, 0.25) is 5.91 Å². The fourth-order valence-electron chi connectivity index (χ4n) is 3.55. The Labute approximate surface area is 195 Å². The van der Waals surface area contributed by atoms with Crippen LogP contribution in [0.4, 0.5) is 10.5 Å². The van der Waals surface area contributed by atoms with E-state index in [1.807, 2.05) is 13.8 Å². The van der Waals surface area contributed by atoms with Crippen LogP contribution < -0.4 is 10.6 Å². The van der Waals surface area contributed by atoms with Gasteiger partial charge in [-0.3, -0.25) is 19.3 Å². The Bertz CT molecular complexity index is 1030. The third-order valence-corrected chi connectivity index (χ3v) is 5.99. The maximum absolute atomic E-state index is 13.0. The average molecular weight is 501 g/mol. The van der Waals surface area contributed by atoms with Gasteiger partial charge in [-0.15, -0.1) is 0 Å². The van der Waals surface area contributed by atoms with Crippen molar-refractivity contribution in [1.82, 2.24) is 15.1 Å². The molecular formula is C23H25BrN4O4. The van der Waals surface area contributed by atoms with Gasteiger partial charge in [-0.25, -0.2) is 4.79 Å². The zero-order valence-corrected chi connectivity index (χ0v) is 19.7. The van der Waals surface area contributed by atoms with Crippen LogP contribution in [0.25, 0.3) is 0 Å². The van der Waals surface area contributed by atoms with Gasteiger partial charge in [-0.05, 0) is 62.7 Å². The minimum Gasteiger partial charge on any atom is -0.339 e. The van der Waals surface area contributed by atoms with Crippen molar-refractivity contribution < 1.29 is 19.2 Å². The minimum atomic E-state index is -1.25. The van der Waals surface area contributed by atoms with Crippen LogP contribution in [0, 0.1) is 0 Å². The van der Waals surface area contributed by atoms with Gasteiger partial charge in [0, 0.05) is 28.8 Å². The first-order valence-electron chi connectivity index (χ1n) is 10.3. The van der Waals surface area contributed by atoms with Crippen molar-refractivity contribution in [2.75, 3.05) is 25.0 Å². The number of anilines is 1. The monoisotopic (exact) mass is 500 g/mol. The number of nitrogens with zero attached hydrogens (tertiary/aromatic N) is 2. The second kappa shape index (κ2) is 9.52. The summed E-state index contributed by atoms with van der Waals surface area (Å²) in [4.78, 5) is 52.9. The SMILES string of the molecule is CCN(CC)C(=O)c1ccc(NC(=O)CN2C(=O)NC(C)(c3ccc(Br)cc3)C2=O)cc1. The largest absolute Gasteiger partial charge is 0.339 e. The first-order chi connectivity index (χ1) is 15.2. The predicted octanol–water partition coefficient (Wildman–Crippen LogP) is 3.34. The van der Waals surface area contributed by atoms with E-state index >= 15 is 0 Å². The summed E-state index contributed by atoms with van der Waals surface area (Å²) in [7, 11) is 0. The van der Waals surface area contributed by atoms with Gasteiger partial charge in [-0.1, -0.05) is 28.1 Å². The van der Waals surface area contributed by atoms with E-state index in [2.05, 4.69) is 26.6 Å². The summed E-state index contributed by atoms with van der Waals surface area (Å²) < 4.78 is 0.850. The van der Waals surface area contributed by atoms with Crippen LogP contribution in [0.5, 0.6) is 0 Å². The van der Waals surface area contributed by atoms with Crippen LogP contribution in [0.2, 0.25) is 0 Å². The van der Waals surface area contributed by atoms with Gasteiger partial charge in [0.15, 0.2) is 0 Å². The smallest absolute Gasteiger partial charge is 0.325 e. The molecule has 1 atom stereocenters. The van der Waals surface area contributed by atoms with Crippen LogP contribution in [-0.4, -0.2) is 53.2 Å². The Morgan fingerprint density at radius 2 is 1.62 bits per heavy atom. The number of carbonyl (C=O) groups excluding carboxylic acids is 4. The molecule has 0 saturated carbocycles. The molecule has 2 N–H and O–H groups in total. The number of hydrogen-bond donors (Lipinski definition) is 2. The molecule has 0 aliphatic carbocycles. The number of amides is 5. The van der Waals surface area contributed by atoms with E-state index in [-0.39, 0.29) is 5.91 Å². The maximum Gasteiger partial charge on any atom is 0.325 e. The van der Waals surface area contributed by atoms with E-state index in [0.29, 0.717) is 29.9 Å². The predicted molar refractivity (Wildman–Crippen MR) is 124 cm³/mol. The van der Waals surface area contributed by atoms with Crippen LogP contribution in [-0.2, 0) is 15.1 Å². The average Bonchev–Trinajstić information content (AvgIpc) is 2.99. The number of imide groups is 1. The second-order valence-corrected chi connectivity index (χ2v) is 8.47. The minimum absolute atomic E-state index is 0.0839. The lowest BCUT2D eigenvalue weighted by molar-refractivity contribution is -0.133. The molecule has 5 amide bonds. The number of nitrogens with one attached hydrogen (secondary N) is 2. The molecule has 0 bridgehead atoms. The molecular weight excluding hydrogens is 476 g/mol. The van der Waals surface area contributed by atoms with E-state index in [1.165, 1.54) is 0 Å². The highest BCUT2D eigenvalue weighted by molar-refractivity contribution is 9.10. The van der Waals surface area contributed by atoms with Crippen molar-refractivity contribution in [1.29, 1.82) is 0 Å². The van der Waals surface area contributed by atoms with E-state index in [9.17, 15) is 19.2 Å². The van der Waals surface area contributed by atoms with Gasteiger partial charge in [0.05, 0.1) is 0 Å². The highest BCUT2D eigenvalue weighted by Gasteiger charge is 2.49. The molecule has 2 aromatic carbocycles. The number of rotatable bonds is 7. The van der Waals surface area contributed by atoms with Gasteiger partial charge in [0.25, 0.3) is 11.8 Å². The Morgan fingerprint density at radius 1 is 1.03 bits per heavy atom. The molecule has 32 heavy (non-hydrogen) atoms. The molecule has 2 aromatic rings. The molecule has 3 rings (SSSR count). The van der Waals surface area contributed by atoms with Crippen LogP contribution in [0.3, 0.4) is 0 Å². The lowest BCUT2D eigenvalue weighted by Crippen LogP contribution is -2.42. The third-order valence-electron chi connectivity index (χ3n) is 5.46. The molecule has 1 saturated heterocycles. The van der Waals surface area contributed by atoms with Gasteiger partial charge < -0.3 is 15.5 Å². The summed E-state index contributed by atoms with van der Waals surface area (Å²) in [5.74, 6) is -1.10. The highest BCUT2D eigenvalue weighted by Crippen LogP contribution is 2.29. The molecule has 1 aliphatic rings. The highest BCUT2D eigenvalue weighted by atomic mass is 79.9. The molecule has 0 radical (unpaired) electrons. The maximum atomic E-state index is 13.0. The lowest BCUT2D eigenvalue weighted by atomic mass is 9.92. The van der Waals surface area contributed by atoms with Crippen molar-refractivity contribution in [2.45, 2.75) is 26.3 Å². The summed E-state index contributed by atoms with van der Waals surface area (Å²) >= 11 is 3.34. The van der Waals surface area contributed by atoms with Gasteiger partial charge in [0.1, 0.15) is 12.1 Å². The molecule has 0 spiro atoms. The quantitative estimate of drug-likeness (QED) is 0.569. The van der Waals surface area contributed by atoms with Crippen LogP contribution in [0.15, 0.2) is 53.0 Å². The number of halogens is 1. The summed E-state index contributed by atoms with van der Waals surface area (Å²) in [6.45, 7) is 6.23. The van der Waals surface area contributed by atoms with E-state index in [4.69, 9.17) is 0 Å². The van der Waals surface area contributed by atoms with Crippen LogP contribution in [0.1, 0.15) is 36.7 Å². The Kier molecular flexibility index (Phi) is 6.98.